The van der Waals surface area contributed by atoms with Crippen LogP contribution >= 0.6 is 0 Å². The molecule has 0 aliphatic heterocycles. The fourth-order valence-electron chi connectivity index (χ4n) is 2.86. The summed E-state index contributed by atoms with van der Waals surface area (Å²) in [5.41, 5.74) is 3.80. The van der Waals surface area contributed by atoms with Crippen molar-refractivity contribution in [1.29, 1.82) is 0 Å². The third-order valence-electron chi connectivity index (χ3n) is 4.67. The zero-order chi connectivity index (χ0) is 21.5. The Balaban J connectivity index is 1.46. The first kappa shape index (κ1) is 21.1. The van der Waals surface area contributed by atoms with Gasteiger partial charge in [-0.15, -0.1) is 10.2 Å². The van der Waals surface area contributed by atoms with Crippen LogP contribution in [-0.4, -0.2) is 45.7 Å². The number of nitrogens with zero attached hydrogens (tertiary/aromatic N) is 4. The Morgan fingerprint density at radius 2 is 1.87 bits per heavy atom. The van der Waals surface area contributed by atoms with E-state index in [0.29, 0.717) is 42.8 Å². The number of carbonyl (C=O) groups excluding carboxylic acids is 1. The molecule has 9 heteroatoms. The minimum absolute atomic E-state index is 0.301. The molecule has 0 fully saturated rings. The van der Waals surface area contributed by atoms with Gasteiger partial charge < -0.3 is 20.7 Å². The van der Waals surface area contributed by atoms with Crippen LogP contribution in [0.4, 0.5) is 16.3 Å². The van der Waals surface area contributed by atoms with E-state index in [2.05, 4.69) is 31.2 Å². The van der Waals surface area contributed by atoms with Gasteiger partial charge in [-0.2, -0.15) is 5.10 Å². The van der Waals surface area contributed by atoms with Gasteiger partial charge in [0, 0.05) is 18.8 Å². The number of anilines is 2. The second-order valence-corrected chi connectivity index (χ2v) is 6.72. The molecule has 0 saturated heterocycles. The smallest absolute Gasteiger partial charge is 0.319 e. The van der Waals surface area contributed by atoms with Crippen LogP contribution in [0.15, 0.2) is 36.4 Å². The minimum Gasteiger partial charge on any atom is -0.492 e. The Bertz CT molecular complexity index is 999. The van der Waals surface area contributed by atoms with E-state index < -0.39 is 0 Å². The summed E-state index contributed by atoms with van der Waals surface area (Å²) < 4.78 is 7.29. The fourth-order valence-corrected chi connectivity index (χ4v) is 2.86. The molecule has 2 aromatic heterocycles. The Hall–Kier alpha value is -3.62. The van der Waals surface area contributed by atoms with Gasteiger partial charge in [-0.25, -0.2) is 9.48 Å². The zero-order valence-corrected chi connectivity index (χ0v) is 17.7. The standard InChI is InChI=1S/C21H27N7O2/c1-5-30-18-9-7-6-8-17(18)24-21(29)23-13-12-22-19-10-11-20(26-25-19)28-16(4)14(2)15(3)27-28/h6-11H,5,12-13H2,1-4H3,(H,22,25)(H2,23,24,29). The summed E-state index contributed by atoms with van der Waals surface area (Å²) in [4.78, 5) is 12.1. The van der Waals surface area contributed by atoms with Gasteiger partial charge >= 0.3 is 6.03 Å². The van der Waals surface area contributed by atoms with E-state index in [1.807, 2.05) is 58.0 Å². The lowest BCUT2D eigenvalue weighted by Gasteiger charge is -2.12. The van der Waals surface area contributed by atoms with Gasteiger partial charge in [0.2, 0.25) is 0 Å². The number of nitrogens with one attached hydrogen (secondary N) is 3. The van der Waals surface area contributed by atoms with Crippen molar-refractivity contribution < 1.29 is 9.53 Å². The fraction of sp³-hybridized carbons (Fsp3) is 0.333. The zero-order valence-electron chi connectivity index (χ0n) is 17.7. The number of hydrogen-bond donors (Lipinski definition) is 3. The highest BCUT2D eigenvalue weighted by molar-refractivity contribution is 5.90. The summed E-state index contributed by atoms with van der Waals surface area (Å²) in [6, 6.07) is 10.7. The Labute approximate surface area is 175 Å². The first-order valence-corrected chi connectivity index (χ1v) is 9.87. The van der Waals surface area contributed by atoms with Crippen molar-refractivity contribution in [1.82, 2.24) is 25.3 Å². The molecule has 1 aromatic carbocycles. The molecule has 158 valence electrons. The van der Waals surface area contributed by atoms with Gasteiger partial charge in [-0.05, 0) is 57.5 Å². The second kappa shape index (κ2) is 9.73. The Kier molecular flexibility index (Phi) is 6.84. The van der Waals surface area contributed by atoms with Crippen LogP contribution in [0.25, 0.3) is 5.82 Å². The first-order valence-electron chi connectivity index (χ1n) is 9.87. The van der Waals surface area contributed by atoms with Crippen molar-refractivity contribution >= 4 is 17.5 Å². The molecule has 0 radical (unpaired) electrons. The first-order chi connectivity index (χ1) is 14.5. The molecule has 0 aliphatic rings. The van der Waals surface area contributed by atoms with Gasteiger partial charge in [0.25, 0.3) is 0 Å². The number of ether oxygens (including phenoxy) is 1. The quantitative estimate of drug-likeness (QED) is 0.493. The van der Waals surface area contributed by atoms with Crippen molar-refractivity contribution in [3.63, 3.8) is 0 Å². The van der Waals surface area contributed by atoms with Crippen molar-refractivity contribution in [2.24, 2.45) is 0 Å². The number of aryl methyl sites for hydroxylation is 1. The maximum absolute atomic E-state index is 12.1. The lowest BCUT2D eigenvalue weighted by molar-refractivity contribution is 0.252. The van der Waals surface area contributed by atoms with E-state index in [-0.39, 0.29) is 6.03 Å². The molecule has 2 amide bonds. The van der Waals surface area contributed by atoms with Crippen molar-refractivity contribution in [2.45, 2.75) is 27.7 Å². The topological polar surface area (TPSA) is 106 Å². The number of hydrogen-bond acceptors (Lipinski definition) is 6. The van der Waals surface area contributed by atoms with Gasteiger partial charge in [0.1, 0.15) is 11.6 Å². The predicted molar refractivity (Wildman–Crippen MR) is 116 cm³/mol. The molecule has 0 aliphatic carbocycles. The highest BCUT2D eigenvalue weighted by Gasteiger charge is 2.10. The van der Waals surface area contributed by atoms with E-state index in [0.717, 1.165) is 17.0 Å². The van der Waals surface area contributed by atoms with Crippen LogP contribution in [0, 0.1) is 20.8 Å². The van der Waals surface area contributed by atoms with Crippen LogP contribution in [0.3, 0.4) is 0 Å². The number of para-hydroxylation sites is 2. The number of urea groups is 1. The molecule has 3 rings (SSSR count). The maximum atomic E-state index is 12.1. The largest absolute Gasteiger partial charge is 0.492 e. The average Bonchev–Trinajstić information content (AvgIpc) is 3.00. The molecule has 0 saturated carbocycles. The van der Waals surface area contributed by atoms with Crippen LogP contribution in [0.2, 0.25) is 0 Å². The molecule has 0 atom stereocenters. The molecule has 9 nitrogen and oxygen atoms in total. The third-order valence-corrected chi connectivity index (χ3v) is 4.67. The number of benzene rings is 1. The second-order valence-electron chi connectivity index (χ2n) is 6.72. The molecule has 0 bridgehead atoms. The van der Waals surface area contributed by atoms with Gasteiger partial charge in [-0.1, -0.05) is 12.1 Å². The molecule has 2 heterocycles. The van der Waals surface area contributed by atoms with Gasteiger partial charge in [0.05, 0.1) is 18.0 Å². The lowest BCUT2D eigenvalue weighted by Crippen LogP contribution is -2.32. The van der Waals surface area contributed by atoms with E-state index >= 15 is 0 Å². The molecule has 30 heavy (non-hydrogen) atoms. The van der Waals surface area contributed by atoms with Crippen molar-refractivity contribution in [3.8, 4) is 11.6 Å². The number of carbonyl (C=O) groups is 1. The van der Waals surface area contributed by atoms with E-state index in [9.17, 15) is 4.79 Å². The number of aromatic nitrogens is 4. The molecule has 3 N–H and O–H groups in total. The third kappa shape index (κ3) is 5.05. The van der Waals surface area contributed by atoms with Gasteiger partial charge in [0.15, 0.2) is 5.82 Å². The lowest BCUT2D eigenvalue weighted by atomic mass is 10.2. The van der Waals surface area contributed by atoms with E-state index in [4.69, 9.17) is 4.74 Å². The van der Waals surface area contributed by atoms with Crippen molar-refractivity contribution in [2.75, 3.05) is 30.3 Å². The molecule has 3 aromatic rings. The van der Waals surface area contributed by atoms with Crippen molar-refractivity contribution in [3.05, 3.63) is 53.3 Å². The molecular formula is C21H27N7O2. The summed E-state index contributed by atoms with van der Waals surface area (Å²) in [7, 11) is 0. The highest BCUT2D eigenvalue weighted by Crippen LogP contribution is 2.23. The van der Waals surface area contributed by atoms with Crippen LogP contribution in [0.1, 0.15) is 23.9 Å². The van der Waals surface area contributed by atoms with Crippen LogP contribution < -0.4 is 20.7 Å². The maximum Gasteiger partial charge on any atom is 0.319 e. The highest BCUT2D eigenvalue weighted by atomic mass is 16.5. The molecule has 0 spiro atoms. The van der Waals surface area contributed by atoms with E-state index in [1.165, 1.54) is 0 Å². The Morgan fingerprint density at radius 3 is 2.53 bits per heavy atom. The Morgan fingerprint density at radius 1 is 1.07 bits per heavy atom. The number of rotatable bonds is 8. The summed E-state index contributed by atoms with van der Waals surface area (Å²) >= 11 is 0. The summed E-state index contributed by atoms with van der Waals surface area (Å²) in [5.74, 6) is 1.93. The summed E-state index contributed by atoms with van der Waals surface area (Å²) in [6.45, 7) is 9.37. The summed E-state index contributed by atoms with van der Waals surface area (Å²) in [6.07, 6.45) is 0. The summed E-state index contributed by atoms with van der Waals surface area (Å²) in [5, 5.41) is 21.6. The molecular weight excluding hydrogens is 382 g/mol. The predicted octanol–water partition coefficient (Wildman–Crippen LogP) is 3.22. The van der Waals surface area contributed by atoms with Gasteiger partial charge in [-0.3, -0.25) is 0 Å². The van der Waals surface area contributed by atoms with Crippen LogP contribution in [-0.2, 0) is 0 Å². The molecule has 0 unspecified atom stereocenters. The van der Waals surface area contributed by atoms with E-state index in [1.54, 1.807) is 10.7 Å². The number of amides is 2. The minimum atomic E-state index is -0.301. The SMILES string of the molecule is CCOc1ccccc1NC(=O)NCCNc1ccc(-n2nc(C)c(C)c2C)nn1. The normalized spacial score (nSPS) is 10.5. The average molecular weight is 409 g/mol. The van der Waals surface area contributed by atoms with Crippen LogP contribution in [0.5, 0.6) is 5.75 Å². The monoisotopic (exact) mass is 409 g/mol.